The van der Waals surface area contributed by atoms with E-state index in [9.17, 15) is 0 Å². The SMILES string of the molecule is COCCN(C)CCCNC1CCOC1C. The lowest BCUT2D eigenvalue weighted by molar-refractivity contribution is 0.113. The van der Waals surface area contributed by atoms with Gasteiger partial charge in [-0.05, 0) is 39.9 Å². The molecule has 1 N–H and O–H groups in total. The minimum Gasteiger partial charge on any atom is -0.383 e. The summed E-state index contributed by atoms with van der Waals surface area (Å²) in [5.74, 6) is 0. The first-order valence-corrected chi connectivity index (χ1v) is 6.26. The molecule has 16 heavy (non-hydrogen) atoms. The molecule has 0 aromatic rings. The molecule has 0 aromatic carbocycles. The number of hydrogen-bond donors (Lipinski definition) is 1. The Morgan fingerprint density at radius 1 is 1.44 bits per heavy atom. The van der Waals surface area contributed by atoms with E-state index in [0.29, 0.717) is 12.1 Å². The molecule has 2 atom stereocenters. The third-order valence-electron chi connectivity index (χ3n) is 3.18. The van der Waals surface area contributed by atoms with Crippen molar-refractivity contribution in [1.29, 1.82) is 0 Å². The fourth-order valence-corrected chi connectivity index (χ4v) is 2.00. The molecule has 4 nitrogen and oxygen atoms in total. The highest BCUT2D eigenvalue weighted by molar-refractivity contribution is 4.78. The predicted molar refractivity (Wildman–Crippen MR) is 65.8 cm³/mol. The molecule has 1 heterocycles. The van der Waals surface area contributed by atoms with Crippen molar-refractivity contribution in [1.82, 2.24) is 10.2 Å². The molecule has 96 valence electrons. The quantitative estimate of drug-likeness (QED) is 0.623. The van der Waals surface area contributed by atoms with Gasteiger partial charge in [-0.15, -0.1) is 0 Å². The van der Waals surface area contributed by atoms with Crippen LogP contribution in [0.5, 0.6) is 0 Å². The second-order valence-corrected chi connectivity index (χ2v) is 4.57. The van der Waals surface area contributed by atoms with Gasteiger partial charge in [-0.1, -0.05) is 0 Å². The van der Waals surface area contributed by atoms with Gasteiger partial charge in [0.25, 0.3) is 0 Å². The maximum atomic E-state index is 5.51. The van der Waals surface area contributed by atoms with Crippen molar-refractivity contribution in [3.63, 3.8) is 0 Å². The molecule has 0 aliphatic carbocycles. The number of nitrogens with one attached hydrogen (secondary N) is 1. The van der Waals surface area contributed by atoms with Crippen LogP contribution in [0.3, 0.4) is 0 Å². The van der Waals surface area contributed by atoms with Crippen molar-refractivity contribution >= 4 is 0 Å². The number of methoxy groups -OCH3 is 1. The summed E-state index contributed by atoms with van der Waals surface area (Å²) in [6.07, 6.45) is 2.72. The lowest BCUT2D eigenvalue weighted by Gasteiger charge is -2.18. The van der Waals surface area contributed by atoms with E-state index in [1.165, 1.54) is 6.42 Å². The number of hydrogen-bond acceptors (Lipinski definition) is 4. The highest BCUT2D eigenvalue weighted by Gasteiger charge is 2.22. The number of ether oxygens (including phenoxy) is 2. The van der Waals surface area contributed by atoms with E-state index < -0.39 is 0 Å². The number of likely N-dealkylation sites (N-methyl/N-ethyl adjacent to an activating group) is 1. The normalized spacial score (nSPS) is 25.5. The molecule has 1 rings (SSSR count). The van der Waals surface area contributed by atoms with Crippen LogP contribution in [0.1, 0.15) is 19.8 Å². The van der Waals surface area contributed by atoms with Crippen molar-refractivity contribution < 1.29 is 9.47 Å². The van der Waals surface area contributed by atoms with Gasteiger partial charge in [-0.2, -0.15) is 0 Å². The zero-order valence-corrected chi connectivity index (χ0v) is 10.9. The molecule has 2 unspecified atom stereocenters. The summed E-state index contributed by atoms with van der Waals surface area (Å²) in [6, 6.07) is 0.560. The molecule has 0 aromatic heterocycles. The largest absolute Gasteiger partial charge is 0.383 e. The van der Waals surface area contributed by atoms with Crippen molar-refractivity contribution in [3.8, 4) is 0 Å². The topological polar surface area (TPSA) is 33.7 Å². The van der Waals surface area contributed by atoms with Crippen LogP contribution in [0.25, 0.3) is 0 Å². The van der Waals surface area contributed by atoms with Crippen LogP contribution < -0.4 is 5.32 Å². The van der Waals surface area contributed by atoms with Gasteiger partial charge >= 0.3 is 0 Å². The fourth-order valence-electron chi connectivity index (χ4n) is 2.00. The van der Waals surface area contributed by atoms with Crippen LogP contribution in [0.4, 0.5) is 0 Å². The third-order valence-corrected chi connectivity index (χ3v) is 3.18. The summed E-state index contributed by atoms with van der Waals surface area (Å²) in [6.45, 7) is 7.09. The molecule has 4 heteroatoms. The van der Waals surface area contributed by atoms with Crippen LogP contribution in [0.15, 0.2) is 0 Å². The van der Waals surface area contributed by atoms with E-state index in [0.717, 1.165) is 39.3 Å². The Kier molecular flexibility index (Phi) is 6.96. The summed E-state index contributed by atoms with van der Waals surface area (Å²) in [5.41, 5.74) is 0. The molecule has 1 aliphatic rings. The average Bonchev–Trinajstić information content (AvgIpc) is 2.67. The molecule has 0 amide bonds. The van der Waals surface area contributed by atoms with E-state index in [1.807, 2.05) is 0 Å². The van der Waals surface area contributed by atoms with Crippen molar-refractivity contribution in [2.45, 2.75) is 31.9 Å². The summed E-state index contributed by atoms with van der Waals surface area (Å²) in [4.78, 5) is 2.31. The van der Waals surface area contributed by atoms with Crippen LogP contribution in [0.2, 0.25) is 0 Å². The van der Waals surface area contributed by atoms with E-state index >= 15 is 0 Å². The van der Waals surface area contributed by atoms with Gasteiger partial charge in [0, 0.05) is 26.3 Å². The van der Waals surface area contributed by atoms with Crippen LogP contribution in [0, 0.1) is 0 Å². The first-order valence-electron chi connectivity index (χ1n) is 6.26. The molecule has 1 fully saturated rings. The van der Waals surface area contributed by atoms with Gasteiger partial charge in [0.2, 0.25) is 0 Å². The van der Waals surface area contributed by atoms with Gasteiger partial charge in [0.15, 0.2) is 0 Å². The molecule has 1 aliphatic heterocycles. The molecular weight excluding hydrogens is 204 g/mol. The minimum atomic E-state index is 0.381. The van der Waals surface area contributed by atoms with Crippen molar-refractivity contribution in [2.75, 3.05) is 47.0 Å². The summed E-state index contributed by atoms with van der Waals surface area (Å²) < 4.78 is 10.5. The summed E-state index contributed by atoms with van der Waals surface area (Å²) in [5, 5.41) is 3.56. The number of nitrogens with zero attached hydrogens (tertiary/aromatic N) is 1. The Balaban J connectivity index is 1.94. The van der Waals surface area contributed by atoms with E-state index in [-0.39, 0.29) is 0 Å². The average molecular weight is 230 g/mol. The van der Waals surface area contributed by atoms with E-state index in [2.05, 4.69) is 24.2 Å². The Hall–Kier alpha value is -0.160. The maximum absolute atomic E-state index is 5.51. The van der Waals surface area contributed by atoms with Gasteiger partial charge in [-0.3, -0.25) is 0 Å². The molecular formula is C12H26N2O2. The Morgan fingerprint density at radius 2 is 2.25 bits per heavy atom. The maximum Gasteiger partial charge on any atom is 0.0700 e. The van der Waals surface area contributed by atoms with Gasteiger partial charge in [-0.25, -0.2) is 0 Å². The van der Waals surface area contributed by atoms with Gasteiger partial charge < -0.3 is 19.7 Å². The highest BCUT2D eigenvalue weighted by Crippen LogP contribution is 2.12. The van der Waals surface area contributed by atoms with Gasteiger partial charge in [0.1, 0.15) is 0 Å². The first kappa shape index (κ1) is 13.9. The first-order chi connectivity index (χ1) is 7.74. The van der Waals surface area contributed by atoms with Crippen LogP contribution in [-0.2, 0) is 9.47 Å². The monoisotopic (exact) mass is 230 g/mol. The second kappa shape index (κ2) is 8.01. The Bertz CT molecular complexity index is 178. The van der Waals surface area contributed by atoms with E-state index in [4.69, 9.17) is 9.47 Å². The molecule has 0 bridgehead atoms. The van der Waals surface area contributed by atoms with Gasteiger partial charge in [0.05, 0.1) is 12.7 Å². The third kappa shape index (κ3) is 5.25. The Labute approximate surface area is 99.3 Å². The summed E-state index contributed by atoms with van der Waals surface area (Å²) in [7, 11) is 3.89. The standard InChI is InChI=1S/C12H26N2O2/c1-11-12(5-9-16-11)13-6-4-7-14(2)8-10-15-3/h11-13H,4-10H2,1-3H3. The molecule has 0 radical (unpaired) electrons. The zero-order chi connectivity index (χ0) is 11.8. The smallest absolute Gasteiger partial charge is 0.0700 e. The molecule has 0 spiro atoms. The van der Waals surface area contributed by atoms with Crippen molar-refractivity contribution in [2.24, 2.45) is 0 Å². The van der Waals surface area contributed by atoms with E-state index in [1.54, 1.807) is 7.11 Å². The minimum absolute atomic E-state index is 0.381. The lowest BCUT2D eigenvalue weighted by atomic mass is 10.1. The Morgan fingerprint density at radius 3 is 2.88 bits per heavy atom. The highest BCUT2D eigenvalue weighted by atomic mass is 16.5. The van der Waals surface area contributed by atoms with Crippen LogP contribution >= 0.6 is 0 Å². The van der Waals surface area contributed by atoms with Crippen LogP contribution in [-0.4, -0.2) is 64.1 Å². The molecule has 0 saturated carbocycles. The van der Waals surface area contributed by atoms with Crippen molar-refractivity contribution in [3.05, 3.63) is 0 Å². The zero-order valence-electron chi connectivity index (χ0n) is 10.9. The predicted octanol–water partition coefficient (Wildman–Crippen LogP) is 0.722. The molecule has 1 saturated heterocycles. The second-order valence-electron chi connectivity index (χ2n) is 4.57. The lowest BCUT2D eigenvalue weighted by Crippen LogP contribution is -2.36. The number of rotatable bonds is 8. The summed E-state index contributed by atoms with van der Waals surface area (Å²) >= 11 is 0. The fraction of sp³-hybridized carbons (Fsp3) is 1.00.